The van der Waals surface area contributed by atoms with E-state index in [-0.39, 0.29) is 30.3 Å². The Morgan fingerprint density at radius 3 is 2.18 bits per heavy atom. The topological polar surface area (TPSA) is 40.6 Å². The number of carbonyl (C=O) groups excluding carboxylic acids is 2. The van der Waals surface area contributed by atoms with Crippen molar-refractivity contribution in [2.45, 2.75) is 60.2 Å². The summed E-state index contributed by atoms with van der Waals surface area (Å²) in [6.45, 7) is 11.3. The summed E-state index contributed by atoms with van der Waals surface area (Å²) in [6, 6.07) is 12.1. The van der Waals surface area contributed by atoms with Crippen LogP contribution in [0, 0.1) is 12.8 Å². The summed E-state index contributed by atoms with van der Waals surface area (Å²) < 4.78 is 0. The molecule has 0 aliphatic rings. The van der Waals surface area contributed by atoms with Crippen molar-refractivity contribution in [2.75, 3.05) is 6.54 Å². The third-order valence-electron chi connectivity index (χ3n) is 4.70. The van der Waals surface area contributed by atoms with Gasteiger partial charge < -0.3 is 9.80 Å². The monoisotopic (exact) mass is 400 g/mol. The van der Waals surface area contributed by atoms with Gasteiger partial charge in [0.15, 0.2) is 0 Å². The Hall–Kier alpha value is -2.14. The lowest BCUT2D eigenvalue weighted by Crippen LogP contribution is -2.45. The van der Waals surface area contributed by atoms with Crippen molar-refractivity contribution in [2.24, 2.45) is 5.92 Å². The zero-order valence-corrected chi connectivity index (χ0v) is 18.5. The van der Waals surface area contributed by atoms with E-state index in [4.69, 9.17) is 0 Å². The van der Waals surface area contributed by atoms with E-state index in [0.717, 1.165) is 5.56 Å². The van der Waals surface area contributed by atoms with Crippen LogP contribution in [0.25, 0.3) is 0 Å². The highest BCUT2D eigenvalue weighted by Crippen LogP contribution is 2.20. The van der Waals surface area contributed by atoms with E-state index in [1.54, 1.807) is 16.2 Å². The molecule has 0 aliphatic carbocycles. The Morgan fingerprint density at radius 1 is 0.964 bits per heavy atom. The number of nitrogens with zero attached hydrogens (tertiary/aromatic N) is 2. The number of amides is 2. The molecule has 5 heteroatoms. The first kappa shape index (κ1) is 22.2. The standard InChI is InChI=1S/C23H32N2O2S/c1-17(2)13-22(26)25(18(3)4)16-23(27)24(14-20-9-7-6-8-10-20)15-21-19(5)11-12-28-21/h6-12,17-18H,13-16H2,1-5H3. The molecule has 0 fully saturated rings. The molecule has 0 atom stereocenters. The van der Waals surface area contributed by atoms with Gasteiger partial charge in [-0.3, -0.25) is 9.59 Å². The Morgan fingerprint density at radius 2 is 1.64 bits per heavy atom. The van der Waals surface area contributed by atoms with Gasteiger partial charge in [-0.25, -0.2) is 0 Å². The first-order valence-electron chi connectivity index (χ1n) is 9.92. The Balaban J connectivity index is 2.18. The van der Waals surface area contributed by atoms with Crippen molar-refractivity contribution < 1.29 is 9.59 Å². The Labute approximate surface area is 173 Å². The maximum atomic E-state index is 13.2. The number of hydrogen-bond donors (Lipinski definition) is 0. The van der Waals surface area contributed by atoms with Crippen molar-refractivity contribution in [3.05, 3.63) is 57.8 Å². The maximum absolute atomic E-state index is 13.2. The summed E-state index contributed by atoms with van der Waals surface area (Å²) in [5.41, 5.74) is 2.29. The fourth-order valence-electron chi connectivity index (χ4n) is 3.05. The summed E-state index contributed by atoms with van der Waals surface area (Å²) in [5, 5.41) is 2.06. The van der Waals surface area contributed by atoms with Gasteiger partial charge in [-0.2, -0.15) is 0 Å². The maximum Gasteiger partial charge on any atom is 0.242 e. The van der Waals surface area contributed by atoms with Gasteiger partial charge in [-0.1, -0.05) is 44.2 Å². The van der Waals surface area contributed by atoms with Crippen molar-refractivity contribution in [1.29, 1.82) is 0 Å². The SMILES string of the molecule is Cc1ccsc1CN(Cc1ccccc1)C(=O)CN(C(=O)CC(C)C)C(C)C. The molecule has 0 aliphatic heterocycles. The van der Waals surface area contributed by atoms with E-state index in [9.17, 15) is 9.59 Å². The van der Waals surface area contributed by atoms with Gasteiger partial charge in [0.2, 0.25) is 11.8 Å². The largest absolute Gasteiger partial charge is 0.332 e. The van der Waals surface area contributed by atoms with E-state index < -0.39 is 0 Å². The fourth-order valence-corrected chi connectivity index (χ4v) is 3.97. The van der Waals surface area contributed by atoms with Gasteiger partial charge in [0.1, 0.15) is 0 Å². The fraction of sp³-hybridized carbons (Fsp3) is 0.478. The summed E-state index contributed by atoms with van der Waals surface area (Å²) in [4.78, 5) is 30.6. The van der Waals surface area contributed by atoms with Crippen LogP contribution in [0.3, 0.4) is 0 Å². The highest BCUT2D eigenvalue weighted by molar-refractivity contribution is 7.10. The second-order valence-electron chi connectivity index (χ2n) is 7.98. The minimum atomic E-state index is -0.0116. The summed E-state index contributed by atoms with van der Waals surface area (Å²) in [6.07, 6.45) is 0.466. The summed E-state index contributed by atoms with van der Waals surface area (Å²) in [5.74, 6) is 0.311. The molecule has 2 rings (SSSR count). The Bertz CT molecular complexity index is 768. The first-order chi connectivity index (χ1) is 13.3. The van der Waals surface area contributed by atoms with E-state index in [1.807, 2.05) is 62.9 Å². The molecule has 2 aromatic rings. The third kappa shape index (κ3) is 6.48. The molecule has 0 saturated carbocycles. The lowest BCUT2D eigenvalue weighted by atomic mass is 10.1. The number of hydrogen-bond acceptors (Lipinski definition) is 3. The quantitative estimate of drug-likeness (QED) is 0.603. The van der Waals surface area contributed by atoms with E-state index in [0.29, 0.717) is 19.5 Å². The molecule has 1 heterocycles. The number of aryl methyl sites for hydroxylation is 1. The van der Waals surface area contributed by atoms with Crippen LogP contribution in [-0.2, 0) is 22.7 Å². The number of rotatable bonds is 9. The van der Waals surface area contributed by atoms with Crippen LogP contribution < -0.4 is 0 Å². The lowest BCUT2D eigenvalue weighted by Gasteiger charge is -2.30. The molecule has 4 nitrogen and oxygen atoms in total. The zero-order chi connectivity index (χ0) is 20.7. The highest BCUT2D eigenvalue weighted by Gasteiger charge is 2.24. The number of benzene rings is 1. The molecule has 1 aromatic heterocycles. The predicted octanol–water partition coefficient (Wildman–Crippen LogP) is 4.87. The van der Waals surface area contributed by atoms with Crippen LogP contribution in [0.15, 0.2) is 41.8 Å². The van der Waals surface area contributed by atoms with E-state index in [2.05, 4.69) is 18.4 Å². The summed E-state index contributed by atoms with van der Waals surface area (Å²) >= 11 is 1.67. The minimum Gasteiger partial charge on any atom is -0.332 e. The molecule has 0 radical (unpaired) electrons. The van der Waals surface area contributed by atoms with Crippen LogP contribution in [-0.4, -0.2) is 34.2 Å². The molecule has 152 valence electrons. The molecule has 0 spiro atoms. The Kier molecular flexibility index (Phi) is 8.24. The second kappa shape index (κ2) is 10.4. The average molecular weight is 401 g/mol. The molecular formula is C23H32N2O2S. The second-order valence-corrected chi connectivity index (χ2v) is 8.98. The number of thiophene rings is 1. The highest BCUT2D eigenvalue weighted by atomic mass is 32.1. The summed E-state index contributed by atoms with van der Waals surface area (Å²) in [7, 11) is 0. The minimum absolute atomic E-state index is 0.00255. The molecule has 0 N–H and O–H groups in total. The van der Waals surface area contributed by atoms with Crippen molar-refractivity contribution in [1.82, 2.24) is 9.80 Å². The van der Waals surface area contributed by atoms with Gasteiger partial charge >= 0.3 is 0 Å². The van der Waals surface area contributed by atoms with Gasteiger partial charge in [-0.05, 0) is 49.3 Å². The molecule has 2 amide bonds. The van der Waals surface area contributed by atoms with Crippen molar-refractivity contribution >= 4 is 23.2 Å². The lowest BCUT2D eigenvalue weighted by molar-refractivity contribution is -0.143. The predicted molar refractivity (Wildman–Crippen MR) is 116 cm³/mol. The molecule has 0 saturated heterocycles. The van der Waals surface area contributed by atoms with Crippen LogP contribution in [0.1, 0.15) is 50.1 Å². The van der Waals surface area contributed by atoms with Crippen LogP contribution >= 0.6 is 11.3 Å². The zero-order valence-electron chi connectivity index (χ0n) is 17.6. The van der Waals surface area contributed by atoms with Crippen LogP contribution in [0.2, 0.25) is 0 Å². The van der Waals surface area contributed by atoms with Crippen molar-refractivity contribution in [3.8, 4) is 0 Å². The number of carbonyl (C=O) groups is 2. The molecule has 28 heavy (non-hydrogen) atoms. The smallest absolute Gasteiger partial charge is 0.242 e. The van der Waals surface area contributed by atoms with Gasteiger partial charge in [-0.15, -0.1) is 11.3 Å². The average Bonchev–Trinajstić information content (AvgIpc) is 3.03. The van der Waals surface area contributed by atoms with E-state index in [1.165, 1.54) is 10.4 Å². The van der Waals surface area contributed by atoms with Gasteiger partial charge in [0.05, 0.1) is 13.1 Å². The van der Waals surface area contributed by atoms with Crippen molar-refractivity contribution in [3.63, 3.8) is 0 Å². The third-order valence-corrected chi connectivity index (χ3v) is 5.71. The molecular weight excluding hydrogens is 368 g/mol. The van der Waals surface area contributed by atoms with Crippen LogP contribution in [0.5, 0.6) is 0 Å². The van der Waals surface area contributed by atoms with Gasteiger partial charge in [0, 0.05) is 23.9 Å². The van der Waals surface area contributed by atoms with Crippen LogP contribution in [0.4, 0.5) is 0 Å². The molecule has 0 unspecified atom stereocenters. The van der Waals surface area contributed by atoms with E-state index >= 15 is 0 Å². The molecule has 0 bridgehead atoms. The normalized spacial score (nSPS) is 11.1. The molecule has 1 aromatic carbocycles. The van der Waals surface area contributed by atoms with Gasteiger partial charge in [0.25, 0.3) is 0 Å². The first-order valence-corrected chi connectivity index (χ1v) is 10.8.